The number of carbonyl (C=O) groups is 1. The average molecular weight is 330 g/mol. The third-order valence-electron chi connectivity index (χ3n) is 3.68. The van der Waals surface area contributed by atoms with Crippen LogP contribution in [0.2, 0.25) is 0 Å². The molecule has 3 heterocycles. The van der Waals surface area contributed by atoms with Gasteiger partial charge in [0.2, 0.25) is 5.88 Å². The topological polar surface area (TPSA) is 79.9 Å². The molecule has 0 unspecified atom stereocenters. The highest BCUT2D eigenvalue weighted by Gasteiger charge is 2.11. The van der Waals surface area contributed by atoms with Gasteiger partial charge < -0.3 is 15.0 Å². The molecule has 25 heavy (non-hydrogen) atoms. The highest BCUT2D eigenvalue weighted by atomic mass is 16.5. The Morgan fingerprint density at radius 1 is 1.04 bits per heavy atom. The molecular formula is C19H14N4O2. The van der Waals surface area contributed by atoms with Crippen LogP contribution in [0.25, 0.3) is 10.9 Å². The summed E-state index contributed by atoms with van der Waals surface area (Å²) in [5.74, 6) is 0.832. The molecule has 4 rings (SSSR count). The van der Waals surface area contributed by atoms with Crippen molar-refractivity contribution in [1.29, 1.82) is 0 Å². The van der Waals surface area contributed by atoms with Gasteiger partial charge in [-0.2, -0.15) is 0 Å². The molecule has 4 aromatic rings. The van der Waals surface area contributed by atoms with E-state index in [2.05, 4.69) is 20.3 Å². The third-order valence-corrected chi connectivity index (χ3v) is 3.68. The minimum Gasteiger partial charge on any atom is -0.437 e. The van der Waals surface area contributed by atoms with Crippen molar-refractivity contribution >= 4 is 22.5 Å². The second kappa shape index (κ2) is 6.45. The van der Waals surface area contributed by atoms with Crippen LogP contribution < -0.4 is 10.1 Å². The number of hydrogen-bond donors (Lipinski definition) is 2. The van der Waals surface area contributed by atoms with Gasteiger partial charge in [-0.1, -0.05) is 12.1 Å². The molecule has 122 valence electrons. The summed E-state index contributed by atoms with van der Waals surface area (Å²) in [6, 6.07) is 14.5. The van der Waals surface area contributed by atoms with Crippen LogP contribution in [0.4, 0.5) is 5.69 Å². The van der Waals surface area contributed by atoms with E-state index in [0.29, 0.717) is 22.9 Å². The fourth-order valence-corrected chi connectivity index (χ4v) is 2.52. The van der Waals surface area contributed by atoms with E-state index in [0.717, 1.165) is 10.9 Å². The quantitative estimate of drug-likeness (QED) is 0.592. The molecule has 0 aliphatic rings. The first-order valence-electron chi connectivity index (χ1n) is 7.71. The number of carbonyl (C=O) groups excluding carboxylic acids is 1. The van der Waals surface area contributed by atoms with E-state index in [1.54, 1.807) is 48.9 Å². The van der Waals surface area contributed by atoms with Gasteiger partial charge in [0, 0.05) is 23.8 Å². The van der Waals surface area contributed by atoms with Gasteiger partial charge >= 0.3 is 0 Å². The minimum atomic E-state index is -0.198. The van der Waals surface area contributed by atoms with E-state index in [9.17, 15) is 4.79 Å². The molecule has 3 aromatic heterocycles. The van der Waals surface area contributed by atoms with Gasteiger partial charge in [0.1, 0.15) is 5.75 Å². The lowest BCUT2D eigenvalue weighted by Crippen LogP contribution is -2.12. The number of pyridine rings is 2. The number of rotatable bonds is 4. The molecule has 0 saturated heterocycles. The number of aromatic nitrogens is 3. The maximum atomic E-state index is 12.5. The van der Waals surface area contributed by atoms with Crippen LogP contribution in [0.1, 0.15) is 10.4 Å². The van der Waals surface area contributed by atoms with E-state index in [1.807, 2.05) is 24.4 Å². The third kappa shape index (κ3) is 3.18. The predicted molar refractivity (Wildman–Crippen MR) is 94.8 cm³/mol. The van der Waals surface area contributed by atoms with Crippen molar-refractivity contribution in [2.75, 3.05) is 5.32 Å². The number of anilines is 1. The van der Waals surface area contributed by atoms with Crippen LogP contribution in [0.5, 0.6) is 11.6 Å². The predicted octanol–water partition coefficient (Wildman–Crippen LogP) is 4.00. The Hall–Kier alpha value is -3.67. The van der Waals surface area contributed by atoms with Crippen molar-refractivity contribution < 1.29 is 9.53 Å². The Morgan fingerprint density at radius 2 is 2.00 bits per heavy atom. The van der Waals surface area contributed by atoms with Crippen LogP contribution in [0.3, 0.4) is 0 Å². The van der Waals surface area contributed by atoms with E-state index in [-0.39, 0.29) is 5.91 Å². The van der Waals surface area contributed by atoms with Crippen LogP contribution >= 0.6 is 0 Å². The van der Waals surface area contributed by atoms with E-state index < -0.39 is 0 Å². The Kier molecular flexibility index (Phi) is 3.84. The maximum absolute atomic E-state index is 12.5. The molecule has 6 heteroatoms. The van der Waals surface area contributed by atoms with Crippen LogP contribution in [-0.2, 0) is 0 Å². The van der Waals surface area contributed by atoms with Crippen molar-refractivity contribution in [2.24, 2.45) is 0 Å². The monoisotopic (exact) mass is 330 g/mol. The molecule has 1 amide bonds. The summed E-state index contributed by atoms with van der Waals surface area (Å²) in [7, 11) is 0. The van der Waals surface area contributed by atoms with Crippen LogP contribution in [0.15, 0.2) is 73.3 Å². The maximum Gasteiger partial charge on any atom is 0.257 e. The van der Waals surface area contributed by atoms with E-state index in [4.69, 9.17) is 4.74 Å². The lowest BCUT2D eigenvalue weighted by molar-refractivity contribution is 0.102. The molecule has 2 N–H and O–H groups in total. The number of hydrogen-bond acceptors (Lipinski definition) is 4. The molecule has 0 bridgehead atoms. The van der Waals surface area contributed by atoms with Gasteiger partial charge in [0.25, 0.3) is 5.91 Å². The smallest absolute Gasteiger partial charge is 0.257 e. The molecule has 1 aromatic carbocycles. The number of H-pyrrole nitrogens is 1. The Labute approximate surface area is 143 Å². The molecule has 6 nitrogen and oxygen atoms in total. The average Bonchev–Trinajstić information content (AvgIpc) is 3.13. The van der Waals surface area contributed by atoms with Gasteiger partial charge in [-0.3, -0.25) is 9.78 Å². The fraction of sp³-hybridized carbons (Fsp3) is 0. The first-order chi connectivity index (χ1) is 12.3. The molecule has 0 atom stereocenters. The number of fused-ring (bicyclic) bond motifs is 1. The summed E-state index contributed by atoms with van der Waals surface area (Å²) < 4.78 is 5.58. The standard InChI is InChI=1S/C19H14N4O2/c24-19(16-5-1-3-13-8-10-21-18(13)16)23-14-6-7-17(22-11-14)25-15-4-2-9-20-12-15/h1-12,21H,(H,23,24). The van der Waals surface area contributed by atoms with Gasteiger partial charge in [-0.05, 0) is 30.3 Å². The van der Waals surface area contributed by atoms with Gasteiger partial charge in [-0.15, -0.1) is 0 Å². The van der Waals surface area contributed by atoms with Crippen LogP contribution in [0, 0.1) is 0 Å². The number of nitrogens with zero attached hydrogens (tertiary/aromatic N) is 2. The zero-order valence-corrected chi connectivity index (χ0v) is 13.1. The molecule has 0 fully saturated rings. The molecule has 0 radical (unpaired) electrons. The summed E-state index contributed by atoms with van der Waals surface area (Å²) in [4.78, 5) is 23.8. The van der Waals surface area contributed by atoms with Crippen LogP contribution in [-0.4, -0.2) is 20.9 Å². The number of benzene rings is 1. The number of para-hydroxylation sites is 1. The van der Waals surface area contributed by atoms with Gasteiger partial charge in [0.05, 0.1) is 29.2 Å². The second-order valence-electron chi connectivity index (χ2n) is 5.38. The summed E-state index contributed by atoms with van der Waals surface area (Å²) in [6.45, 7) is 0. The fourth-order valence-electron chi connectivity index (χ4n) is 2.52. The van der Waals surface area contributed by atoms with E-state index in [1.165, 1.54) is 0 Å². The number of nitrogens with one attached hydrogen (secondary N) is 2. The summed E-state index contributed by atoms with van der Waals surface area (Å²) >= 11 is 0. The van der Waals surface area contributed by atoms with Gasteiger partial charge in [-0.25, -0.2) is 4.98 Å². The molecule has 0 spiro atoms. The van der Waals surface area contributed by atoms with E-state index >= 15 is 0 Å². The lowest BCUT2D eigenvalue weighted by atomic mass is 10.1. The summed E-state index contributed by atoms with van der Waals surface area (Å²) in [6.07, 6.45) is 6.64. The van der Waals surface area contributed by atoms with Gasteiger partial charge in [0.15, 0.2) is 0 Å². The highest BCUT2D eigenvalue weighted by Crippen LogP contribution is 2.21. The first-order valence-corrected chi connectivity index (χ1v) is 7.71. The Balaban J connectivity index is 1.49. The molecule has 0 aliphatic carbocycles. The normalized spacial score (nSPS) is 10.6. The zero-order valence-electron chi connectivity index (χ0n) is 13.1. The minimum absolute atomic E-state index is 0.198. The summed E-state index contributed by atoms with van der Waals surface area (Å²) in [5, 5.41) is 3.83. The largest absolute Gasteiger partial charge is 0.437 e. The lowest BCUT2D eigenvalue weighted by Gasteiger charge is -2.08. The van der Waals surface area contributed by atoms with Crippen molar-refractivity contribution in [3.63, 3.8) is 0 Å². The second-order valence-corrected chi connectivity index (χ2v) is 5.38. The number of amides is 1. The van der Waals surface area contributed by atoms with Crippen molar-refractivity contribution in [3.8, 4) is 11.6 Å². The SMILES string of the molecule is O=C(Nc1ccc(Oc2cccnc2)nc1)c1cccc2cc[nH]c12. The first kappa shape index (κ1) is 14.9. The van der Waals surface area contributed by atoms with Crippen molar-refractivity contribution in [3.05, 3.63) is 78.9 Å². The molecular weight excluding hydrogens is 316 g/mol. The highest BCUT2D eigenvalue weighted by molar-refractivity contribution is 6.11. The molecule has 0 saturated carbocycles. The number of aromatic amines is 1. The number of ether oxygens (including phenoxy) is 1. The Morgan fingerprint density at radius 3 is 2.80 bits per heavy atom. The molecule has 0 aliphatic heterocycles. The Bertz CT molecular complexity index is 1010. The summed E-state index contributed by atoms with van der Waals surface area (Å²) in [5.41, 5.74) is 1.98. The van der Waals surface area contributed by atoms with Crippen molar-refractivity contribution in [2.45, 2.75) is 0 Å². The zero-order chi connectivity index (χ0) is 17.1. The van der Waals surface area contributed by atoms with Crippen molar-refractivity contribution in [1.82, 2.24) is 15.0 Å².